The fourth-order valence-electron chi connectivity index (χ4n) is 3.54. The number of hydrogen-bond donors (Lipinski definition) is 1. The molecule has 1 N–H and O–H groups in total. The van der Waals surface area contributed by atoms with Crippen molar-refractivity contribution >= 4 is 29.0 Å². The summed E-state index contributed by atoms with van der Waals surface area (Å²) in [6.07, 6.45) is 0. The molecule has 3 heterocycles. The van der Waals surface area contributed by atoms with Crippen LogP contribution in [0.4, 0.5) is 0 Å². The summed E-state index contributed by atoms with van der Waals surface area (Å²) < 4.78 is 18.3. The molecule has 4 aromatic rings. The van der Waals surface area contributed by atoms with Crippen LogP contribution in [0.1, 0.15) is 12.5 Å². The molecule has 1 aliphatic heterocycles. The summed E-state index contributed by atoms with van der Waals surface area (Å²) in [5.41, 5.74) is 1.75. The van der Waals surface area contributed by atoms with Crippen molar-refractivity contribution in [1.29, 1.82) is 0 Å². The number of carbonyl (C=O) groups is 1. The zero-order valence-corrected chi connectivity index (χ0v) is 20.2. The Bertz CT molecular complexity index is 1310. The fraction of sp³-hybridized carbons (Fsp3) is 0.208. The van der Waals surface area contributed by atoms with E-state index in [1.165, 1.54) is 11.8 Å². The lowest BCUT2D eigenvalue weighted by molar-refractivity contribution is -0.120. The molecule has 0 fully saturated rings. The number of thioether (sulfide) groups is 1. The van der Waals surface area contributed by atoms with Crippen molar-refractivity contribution in [2.45, 2.75) is 23.9 Å². The first-order chi connectivity index (χ1) is 16.6. The highest BCUT2D eigenvalue weighted by Gasteiger charge is 2.24. The topological polar surface area (TPSA) is 87.5 Å². The molecule has 5 rings (SSSR count). The first kappa shape index (κ1) is 22.3. The standard InChI is InChI=1S/C24H22N4O4S2/c1-15(23(29)25-13-16-9-10-19-20(12-16)32-14-31-19)34-24-27-26-22(21-8-5-11-33-21)28(24)17-6-3-4-7-18(17)30-2/h3-12,15H,13-14H2,1-2H3,(H,25,29)/t15-/m1/s1. The second kappa shape index (κ2) is 9.78. The van der Waals surface area contributed by atoms with Gasteiger partial charge in [-0.25, -0.2) is 0 Å². The Morgan fingerprint density at radius 1 is 1.18 bits per heavy atom. The molecule has 0 saturated heterocycles. The third-order valence-corrected chi connectivity index (χ3v) is 7.16. The molecule has 1 amide bonds. The van der Waals surface area contributed by atoms with Crippen molar-refractivity contribution in [3.8, 4) is 33.6 Å². The first-order valence-electron chi connectivity index (χ1n) is 10.6. The Balaban J connectivity index is 1.36. The SMILES string of the molecule is COc1ccccc1-n1c(S[C@H](C)C(=O)NCc2ccc3c(c2)OCO3)nnc1-c1cccs1. The Morgan fingerprint density at radius 2 is 2.03 bits per heavy atom. The molecule has 34 heavy (non-hydrogen) atoms. The Labute approximate surface area is 204 Å². The number of para-hydroxylation sites is 2. The average Bonchev–Trinajstić information content (AvgIpc) is 3.62. The number of rotatable bonds is 8. The molecule has 1 aliphatic rings. The summed E-state index contributed by atoms with van der Waals surface area (Å²) in [5.74, 6) is 2.71. The molecule has 1 atom stereocenters. The van der Waals surface area contributed by atoms with Crippen molar-refractivity contribution in [1.82, 2.24) is 20.1 Å². The second-order valence-electron chi connectivity index (χ2n) is 7.46. The number of nitrogens with one attached hydrogen (secondary N) is 1. The number of benzene rings is 2. The van der Waals surface area contributed by atoms with Crippen LogP contribution >= 0.6 is 23.1 Å². The summed E-state index contributed by atoms with van der Waals surface area (Å²) in [4.78, 5) is 13.9. The van der Waals surface area contributed by atoms with Gasteiger partial charge in [0.1, 0.15) is 5.75 Å². The third-order valence-electron chi connectivity index (χ3n) is 5.26. The van der Waals surface area contributed by atoms with Gasteiger partial charge in [-0.05, 0) is 48.2 Å². The van der Waals surface area contributed by atoms with Crippen molar-refractivity contribution in [2.75, 3.05) is 13.9 Å². The molecule has 0 spiro atoms. The molecule has 0 bridgehead atoms. The number of aromatic nitrogens is 3. The van der Waals surface area contributed by atoms with Crippen molar-refractivity contribution in [3.63, 3.8) is 0 Å². The maximum atomic E-state index is 12.9. The molecule has 2 aromatic carbocycles. The third kappa shape index (κ3) is 4.46. The van der Waals surface area contributed by atoms with Gasteiger partial charge in [-0.15, -0.1) is 21.5 Å². The van der Waals surface area contributed by atoms with E-state index in [4.69, 9.17) is 14.2 Å². The number of thiophene rings is 1. The predicted molar refractivity (Wildman–Crippen MR) is 131 cm³/mol. The lowest BCUT2D eigenvalue weighted by Crippen LogP contribution is -2.30. The Kier molecular flexibility index (Phi) is 6.41. The number of fused-ring (bicyclic) bond motifs is 1. The van der Waals surface area contributed by atoms with Crippen LogP contribution in [-0.4, -0.2) is 39.8 Å². The predicted octanol–water partition coefficient (Wildman–Crippen LogP) is 4.53. The fourth-order valence-corrected chi connectivity index (χ4v) is 5.12. The van der Waals surface area contributed by atoms with Gasteiger partial charge in [0.05, 0.1) is 22.9 Å². The molecule has 0 saturated carbocycles. The van der Waals surface area contributed by atoms with Gasteiger partial charge in [-0.2, -0.15) is 0 Å². The van der Waals surface area contributed by atoms with Crippen LogP contribution in [0, 0.1) is 0 Å². The summed E-state index contributed by atoms with van der Waals surface area (Å²) in [5, 5.41) is 14.1. The van der Waals surface area contributed by atoms with Crippen molar-refractivity contribution in [3.05, 3.63) is 65.5 Å². The van der Waals surface area contributed by atoms with Gasteiger partial charge in [0, 0.05) is 6.54 Å². The normalized spacial score (nSPS) is 13.0. The van der Waals surface area contributed by atoms with Crippen molar-refractivity contribution in [2.24, 2.45) is 0 Å². The van der Waals surface area contributed by atoms with E-state index in [1.807, 2.05) is 71.5 Å². The van der Waals surface area contributed by atoms with Crippen LogP contribution in [0.3, 0.4) is 0 Å². The monoisotopic (exact) mass is 494 g/mol. The Morgan fingerprint density at radius 3 is 2.85 bits per heavy atom. The number of nitrogens with zero attached hydrogens (tertiary/aromatic N) is 3. The number of carbonyl (C=O) groups excluding carboxylic acids is 1. The lowest BCUT2D eigenvalue weighted by atomic mass is 10.2. The van der Waals surface area contributed by atoms with Gasteiger partial charge >= 0.3 is 0 Å². The Hall–Kier alpha value is -3.50. The largest absolute Gasteiger partial charge is 0.495 e. The minimum Gasteiger partial charge on any atom is -0.495 e. The van der Waals surface area contributed by atoms with Crippen LogP contribution in [0.25, 0.3) is 16.4 Å². The number of amides is 1. The van der Waals surface area contributed by atoms with E-state index in [0.717, 1.165) is 21.9 Å². The minimum absolute atomic E-state index is 0.102. The van der Waals surface area contributed by atoms with Crippen LogP contribution in [0.5, 0.6) is 17.2 Å². The highest BCUT2D eigenvalue weighted by Crippen LogP contribution is 2.35. The summed E-state index contributed by atoms with van der Waals surface area (Å²) in [7, 11) is 1.63. The average molecular weight is 495 g/mol. The molecule has 0 unspecified atom stereocenters. The number of ether oxygens (including phenoxy) is 3. The second-order valence-corrected chi connectivity index (χ2v) is 9.71. The van der Waals surface area contributed by atoms with Gasteiger partial charge in [-0.1, -0.05) is 36.0 Å². The maximum absolute atomic E-state index is 12.9. The maximum Gasteiger partial charge on any atom is 0.233 e. The van der Waals surface area contributed by atoms with E-state index in [0.29, 0.717) is 29.0 Å². The van der Waals surface area contributed by atoms with Gasteiger partial charge in [-0.3, -0.25) is 9.36 Å². The molecule has 8 nitrogen and oxygen atoms in total. The highest BCUT2D eigenvalue weighted by molar-refractivity contribution is 8.00. The zero-order valence-electron chi connectivity index (χ0n) is 18.6. The first-order valence-corrected chi connectivity index (χ1v) is 12.4. The zero-order chi connectivity index (χ0) is 23.5. The summed E-state index contributed by atoms with van der Waals surface area (Å²) in [6, 6.07) is 17.3. The van der Waals surface area contributed by atoms with E-state index < -0.39 is 5.25 Å². The highest BCUT2D eigenvalue weighted by atomic mass is 32.2. The van der Waals surface area contributed by atoms with Gasteiger partial charge in [0.25, 0.3) is 0 Å². The lowest BCUT2D eigenvalue weighted by Gasteiger charge is -2.15. The van der Waals surface area contributed by atoms with Gasteiger partial charge in [0.2, 0.25) is 12.7 Å². The molecular weight excluding hydrogens is 472 g/mol. The number of methoxy groups -OCH3 is 1. The van der Waals surface area contributed by atoms with E-state index >= 15 is 0 Å². The van der Waals surface area contributed by atoms with Crippen LogP contribution < -0.4 is 19.5 Å². The van der Waals surface area contributed by atoms with Crippen LogP contribution in [-0.2, 0) is 11.3 Å². The van der Waals surface area contributed by atoms with E-state index in [-0.39, 0.29) is 12.7 Å². The quantitative estimate of drug-likeness (QED) is 0.360. The van der Waals surface area contributed by atoms with E-state index in [2.05, 4.69) is 15.5 Å². The molecule has 10 heteroatoms. The summed E-state index contributed by atoms with van der Waals surface area (Å²) >= 11 is 2.93. The van der Waals surface area contributed by atoms with Crippen molar-refractivity contribution < 1.29 is 19.0 Å². The molecular formula is C24H22N4O4S2. The van der Waals surface area contributed by atoms with Gasteiger partial charge < -0.3 is 19.5 Å². The van der Waals surface area contributed by atoms with Crippen LogP contribution in [0.2, 0.25) is 0 Å². The van der Waals surface area contributed by atoms with Crippen LogP contribution in [0.15, 0.2) is 65.1 Å². The molecule has 2 aromatic heterocycles. The molecule has 0 radical (unpaired) electrons. The molecule has 0 aliphatic carbocycles. The summed E-state index contributed by atoms with van der Waals surface area (Å²) in [6.45, 7) is 2.46. The minimum atomic E-state index is -0.400. The number of hydrogen-bond acceptors (Lipinski definition) is 8. The smallest absolute Gasteiger partial charge is 0.233 e. The van der Waals surface area contributed by atoms with E-state index in [9.17, 15) is 4.79 Å². The van der Waals surface area contributed by atoms with E-state index in [1.54, 1.807) is 18.4 Å². The molecule has 174 valence electrons. The van der Waals surface area contributed by atoms with Gasteiger partial charge in [0.15, 0.2) is 22.5 Å².